The van der Waals surface area contributed by atoms with Crippen molar-refractivity contribution in [2.75, 3.05) is 0 Å². The average Bonchev–Trinajstić information content (AvgIpc) is 2.81. The SMILES string of the molecule is CCCC[C@H](N)c1nc(CSC(C)CC)no1. The molecular formula is C12H23N3OS. The molecule has 1 unspecified atom stereocenters. The van der Waals surface area contributed by atoms with E-state index in [0.717, 1.165) is 37.3 Å². The smallest absolute Gasteiger partial charge is 0.243 e. The monoisotopic (exact) mass is 257 g/mol. The van der Waals surface area contributed by atoms with E-state index in [1.165, 1.54) is 0 Å². The summed E-state index contributed by atoms with van der Waals surface area (Å²) in [5.74, 6) is 2.15. The summed E-state index contributed by atoms with van der Waals surface area (Å²) in [6.07, 6.45) is 4.31. The maximum Gasteiger partial charge on any atom is 0.243 e. The van der Waals surface area contributed by atoms with Crippen LogP contribution in [-0.2, 0) is 5.75 Å². The first-order chi connectivity index (χ1) is 8.17. The molecule has 0 amide bonds. The minimum atomic E-state index is -0.107. The van der Waals surface area contributed by atoms with Crippen LogP contribution in [0.25, 0.3) is 0 Å². The van der Waals surface area contributed by atoms with E-state index in [-0.39, 0.29) is 6.04 Å². The second-order valence-corrected chi connectivity index (χ2v) is 5.75. The van der Waals surface area contributed by atoms with Crippen LogP contribution in [0.4, 0.5) is 0 Å². The van der Waals surface area contributed by atoms with Gasteiger partial charge in [-0.15, -0.1) is 0 Å². The van der Waals surface area contributed by atoms with Gasteiger partial charge in [0.25, 0.3) is 0 Å². The Morgan fingerprint density at radius 1 is 1.41 bits per heavy atom. The van der Waals surface area contributed by atoms with Gasteiger partial charge >= 0.3 is 0 Å². The summed E-state index contributed by atoms with van der Waals surface area (Å²) in [5, 5.41) is 4.59. The zero-order valence-electron chi connectivity index (χ0n) is 11.0. The first-order valence-corrected chi connectivity index (χ1v) is 7.41. The molecule has 98 valence electrons. The standard InChI is InChI=1S/C12H23N3OS/c1-4-6-7-10(13)12-14-11(15-16-12)8-17-9(3)5-2/h9-10H,4-8,13H2,1-3H3/t9?,10-/m0/s1. The largest absolute Gasteiger partial charge is 0.338 e. The quantitative estimate of drug-likeness (QED) is 0.774. The van der Waals surface area contributed by atoms with Crippen molar-refractivity contribution in [1.82, 2.24) is 10.1 Å². The van der Waals surface area contributed by atoms with Crippen LogP contribution < -0.4 is 5.73 Å². The van der Waals surface area contributed by atoms with Crippen LogP contribution in [-0.4, -0.2) is 15.4 Å². The van der Waals surface area contributed by atoms with Crippen molar-refractivity contribution < 1.29 is 4.52 Å². The third-order valence-electron chi connectivity index (χ3n) is 2.74. The highest BCUT2D eigenvalue weighted by molar-refractivity contribution is 7.99. The van der Waals surface area contributed by atoms with Crippen molar-refractivity contribution >= 4 is 11.8 Å². The molecule has 0 radical (unpaired) electrons. The molecular weight excluding hydrogens is 234 g/mol. The number of unbranched alkanes of at least 4 members (excludes halogenated alkanes) is 1. The first-order valence-electron chi connectivity index (χ1n) is 6.37. The number of nitrogens with two attached hydrogens (primary N) is 1. The van der Waals surface area contributed by atoms with E-state index in [1.54, 1.807) is 0 Å². The maximum absolute atomic E-state index is 5.97. The Labute approximate surface area is 108 Å². The van der Waals surface area contributed by atoms with Crippen LogP contribution >= 0.6 is 11.8 Å². The number of thioether (sulfide) groups is 1. The molecule has 0 bridgehead atoms. The summed E-state index contributed by atoms with van der Waals surface area (Å²) in [7, 11) is 0. The molecule has 0 aromatic carbocycles. The lowest BCUT2D eigenvalue weighted by molar-refractivity contribution is 0.343. The molecule has 2 N–H and O–H groups in total. The predicted molar refractivity (Wildman–Crippen MR) is 71.8 cm³/mol. The second-order valence-electron chi connectivity index (χ2n) is 4.33. The minimum Gasteiger partial charge on any atom is -0.338 e. The van der Waals surface area contributed by atoms with Crippen LogP contribution in [0.3, 0.4) is 0 Å². The third kappa shape index (κ3) is 5.08. The van der Waals surface area contributed by atoms with Gasteiger partial charge in [0.05, 0.1) is 11.8 Å². The molecule has 0 aliphatic carbocycles. The Balaban J connectivity index is 2.41. The number of nitrogens with zero attached hydrogens (tertiary/aromatic N) is 2. The van der Waals surface area contributed by atoms with Gasteiger partial charge in [-0.3, -0.25) is 0 Å². The van der Waals surface area contributed by atoms with Gasteiger partial charge in [0, 0.05) is 5.25 Å². The Kier molecular flexibility index (Phi) is 6.58. The van der Waals surface area contributed by atoms with Crippen LogP contribution in [0.5, 0.6) is 0 Å². The molecule has 5 heteroatoms. The van der Waals surface area contributed by atoms with Crippen molar-refractivity contribution in [3.8, 4) is 0 Å². The van der Waals surface area contributed by atoms with Crippen LogP contribution in [0.2, 0.25) is 0 Å². The van der Waals surface area contributed by atoms with E-state index >= 15 is 0 Å². The third-order valence-corrected chi connectivity index (χ3v) is 4.07. The molecule has 0 spiro atoms. The highest BCUT2D eigenvalue weighted by Crippen LogP contribution is 2.20. The van der Waals surface area contributed by atoms with Gasteiger partial charge in [-0.05, 0) is 12.8 Å². The van der Waals surface area contributed by atoms with Crippen molar-refractivity contribution in [3.63, 3.8) is 0 Å². The van der Waals surface area contributed by atoms with E-state index in [0.29, 0.717) is 11.1 Å². The summed E-state index contributed by atoms with van der Waals surface area (Å²) >= 11 is 1.85. The van der Waals surface area contributed by atoms with Gasteiger partial charge in [0.15, 0.2) is 5.82 Å². The minimum absolute atomic E-state index is 0.107. The van der Waals surface area contributed by atoms with Crippen molar-refractivity contribution in [1.29, 1.82) is 0 Å². The van der Waals surface area contributed by atoms with Gasteiger partial charge in [0.2, 0.25) is 5.89 Å². The molecule has 1 aromatic heterocycles. The molecule has 0 saturated carbocycles. The summed E-state index contributed by atoms with van der Waals surface area (Å²) in [5.41, 5.74) is 5.97. The fourth-order valence-corrected chi connectivity index (χ4v) is 2.15. The van der Waals surface area contributed by atoms with Gasteiger partial charge in [-0.2, -0.15) is 16.7 Å². The Morgan fingerprint density at radius 2 is 2.18 bits per heavy atom. The molecule has 1 heterocycles. The summed E-state index contributed by atoms with van der Waals surface area (Å²) in [4.78, 5) is 4.35. The highest BCUT2D eigenvalue weighted by atomic mass is 32.2. The number of hydrogen-bond acceptors (Lipinski definition) is 5. The highest BCUT2D eigenvalue weighted by Gasteiger charge is 2.14. The maximum atomic E-state index is 5.97. The van der Waals surface area contributed by atoms with E-state index in [2.05, 4.69) is 30.9 Å². The fraction of sp³-hybridized carbons (Fsp3) is 0.833. The molecule has 2 atom stereocenters. The fourth-order valence-electron chi connectivity index (χ4n) is 1.36. The lowest BCUT2D eigenvalue weighted by atomic mass is 10.1. The van der Waals surface area contributed by atoms with E-state index in [1.807, 2.05) is 11.8 Å². The zero-order chi connectivity index (χ0) is 12.7. The lowest BCUT2D eigenvalue weighted by Crippen LogP contribution is -2.10. The Hall–Kier alpha value is -0.550. The zero-order valence-corrected chi connectivity index (χ0v) is 11.8. The summed E-state index contributed by atoms with van der Waals surface area (Å²) in [6, 6.07) is -0.107. The molecule has 0 aliphatic rings. The van der Waals surface area contributed by atoms with Gasteiger partial charge in [-0.1, -0.05) is 38.8 Å². The van der Waals surface area contributed by atoms with Crippen molar-refractivity contribution in [2.45, 2.75) is 63.5 Å². The molecule has 4 nitrogen and oxygen atoms in total. The van der Waals surface area contributed by atoms with Gasteiger partial charge < -0.3 is 10.3 Å². The van der Waals surface area contributed by atoms with Crippen LogP contribution in [0.1, 0.15) is 64.2 Å². The summed E-state index contributed by atoms with van der Waals surface area (Å²) in [6.45, 7) is 6.54. The van der Waals surface area contributed by atoms with Crippen LogP contribution in [0.15, 0.2) is 4.52 Å². The summed E-state index contributed by atoms with van der Waals surface area (Å²) < 4.78 is 5.19. The lowest BCUT2D eigenvalue weighted by Gasteiger charge is -2.05. The molecule has 17 heavy (non-hydrogen) atoms. The molecule has 1 aromatic rings. The normalized spacial score (nSPS) is 14.8. The van der Waals surface area contributed by atoms with Gasteiger partial charge in [0.1, 0.15) is 0 Å². The van der Waals surface area contributed by atoms with Crippen LogP contribution in [0, 0.1) is 0 Å². The first kappa shape index (κ1) is 14.5. The van der Waals surface area contributed by atoms with E-state index in [9.17, 15) is 0 Å². The molecule has 1 rings (SSSR count). The number of aromatic nitrogens is 2. The predicted octanol–water partition coefficient (Wildman–Crippen LogP) is 3.29. The topological polar surface area (TPSA) is 64.9 Å². The molecule has 0 fully saturated rings. The Morgan fingerprint density at radius 3 is 2.82 bits per heavy atom. The van der Waals surface area contributed by atoms with E-state index in [4.69, 9.17) is 10.3 Å². The molecule has 0 saturated heterocycles. The molecule has 0 aliphatic heterocycles. The number of rotatable bonds is 8. The van der Waals surface area contributed by atoms with Crippen molar-refractivity contribution in [2.24, 2.45) is 5.73 Å². The average molecular weight is 257 g/mol. The van der Waals surface area contributed by atoms with Crippen molar-refractivity contribution in [3.05, 3.63) is 11.7 Å². The van der Waals surface area contributed by atoms with Gasteiger partial charge in [-0.25, -0.2) is 0 Å². The Bertz CT molecular complexity index is 316. The number of hydrogen-bond donors (Lipinski definition) is 1. The second kappa shape index (κ2) is 7.71. The van der Waals surface area contributed by atoms with E-state index < -0.39 is 0 Å².